The third-order valence-corrected chi connectivity index (χ3v) is 6.30. The summed E-state index contributed by atoms with van der Waals surface area (Å²) in [5, 5.41) is 7.19. The summed E-state index contributed by atoms with van der Waals surface area (Å²) in [6, 6.07) is 0.0434. The zero-order chi connectivity index (χ0) is 20.8. The zero-order valence-electron chi connectivity index (χ0n) is 17.1. The van der Waals surface area contributed by atoms with Gasteiger partial charge < -0.3 is 25.0 Å². The number of anilines is 1. The van der Waals surface area contributed by atoms with Gasteiger partial charge in [0.05, 0.1) is 29.7 Å². The van der Waals surface area contributed by atoms with Gasteiger partial charge in [0.25, 0.3) is 5.91 Å². The van der Waals surface area contributed by atoms with Gasteiger partial charge in [-0.15, -0.1) is 11.3 Å². The van der Waals surface area contributed by atoms with Crippen LogP contribution in [0.2, 0.25) is 0 Å². The first-order valence-electron chi connectivity index (χ1n) is 9.54. The van der Waals surface area contributed by atoms with Crippen molar-refractivity contribution in [2.45, 2.75) is 52.7 Å². The summed E-state index contributed by atoms with van der Waals surface area (Å²) < 4.78 is 10.6. The van der Waals surface area contributed by atoms with Crippen LogP contribution in [-0.2, 0) is 9.47 Å². The SMILES string of the molecule is CCN(CC)C(=O)c1sc(NC(=S)N[C@@H](C)[C@H]2CCCO2)c(C(=O)OC)c1C. The van der Waals surface area contributed by atoms with Crippen molar-refractivity contribution in [2.75, 3.05) is 32.1 Å². The largest absolute Gasteiger partial charge is 0.465 e. The summed E-state index contributed by atoms with van der Waals surface area (Å²) in [5.74, 6) is -0.595. The number of nitrogens with zero attached hydrogens (tertiary/aromatic N) is 1. The Balaban J connectivity index is 2.24. The third-order valence-electron chi connectivity index (χ3n) is 4.89. The smallest absolute Gasteiger partial charge is 0.341 e. The van der Waals surface area contributed by atoms with Gasteiger partial charge in [-0.1, -0.05) is 0 Å². The molecule has 28 heavy (non-hydrogen) atoms. The van der Waals surface area contributed by atoms with Crippen LogP contribution in [0.5, 0.6) is 0 Å². The van der Waals surface area contributed by atoms with E-state index in [0.717, 1.165) is 19.4 Å². The lowest BCUT2D eigenvalue weighted by Crippen LogP contribution is -2.42. The molecule has 2 N–H and O–H groups in total. The molecule has 0 radical (unpaired) electrons. The third kappa shape index (κ3) is 5.01. The molecule has 1 amide bonds. The second-order valence-electron chi connectivity index (χ2n) is 6.67. The Morgan fingerprint density at radius 3 is 2.61 bits per heavy atom. The second kappa shape index (κ2) is 10.2. The highest BCUT2D eigenvalue weighted by atomic mass is 32.1. The minimum absolute atomic E-state index is 0.0434. The van der Waals surface area contributed by atoms with Crippen molar-refractivity contribution < 1.29 is 19.1 Å². The lowest BCUT2D eigenvalue weighted by Gasteiger charge is -2.21. The first-order chi connectivity index (χ1) is 13.3. The molecule has 2 heterocycles. The van der Waals surface area contributed by atoms with Crippen LogP contribution in [0.3, 0.4) is 0 Å². The van der Waals surface area contributed by atoms with E-state index in [-0.39, 0.29) is 18.1 Å². The standard InChI is InChI=1S/C19H29N3O4S2/c1-6-22(7-2)17(23)15-11(3)14(18(24)25-5)16(28-15)21-19(27)20-12(4)13-9-8-10-26-13/h12-13H,6-10H2,1-5H3,(H2,20,21,27)/t12-,13+/m0/s1. The molecule has 7 nitrogen and oxygen atoms in total. The van der Waals surface area contributed by atoms with Gasteiger partial charge in [0, 0.05) is 19.7 Å². The molecular formula is C19H29N3O4S2. The Morgan fingerprint density at radius 2 is 2.07 bits per heavy atom. The van der Waals surface area contributed by atoms with Crippen LogP contribution in [-0.4, -0.2) is 60.8 Å². The molecule has 1 fully saturated rings. The van der Waals surface area contributed by atoms with E-state index >= 15 is 0 Å². The number of thiocarbonyl (C=S) groups is 1. The van der Waals surface area contributed by atoms with Crippen LogP contribution in [0.4, 0.5) is 5.00 Å². The second-order valence-corrected chi connectivity index (χ2v) is 8.10. The minimum atomic E-state index is -0.496. The molecule has 0 bridgehead atoms. The number of hydrogen-bond donors (Lipinski definition) is 2. The topological polar surface area (TPSA) is 79.9 Å². The van der Waals surface area contributed by atoms with Crippen LogP contribution < -0.4 is 10.6 Å². The summed E-state index contributed by atoms with van der Waals surface area (Å²) in [4.78, 5) is 27.4. The van der Waals surface area contributed by atoms with E-state index in [1.165, 1.54) is 18.4 Å². The summed E-state index contributed by atoms with van der Waals surface area (Å²) in [5.41, 5.74) is 0.947. The van der Waals surface area contributed by atoms with Gasteiger partial charge in [0.1, 0.15) is 5.00 Å². The molecule has 0 aliphatic carbocycles. The summed E-state index contributed by atoms with van der Waals surface area (Å²) in [6.45, 7) is 9.59. The Morgan fingerprint density at radius 1 is 1.39 bits per heavy atom. The molecule has 1 aromatic rings. The van der Waals surface area contributed by atoms with E-state index in [4.69, 9.17) is 21.7 Å². The van der Waals surface area contributed by atoms with Crippen molar-refractivity contribution in [2.24, 2.45) is 0 Å². The molecule has 0 aromatic carbocycles. The highest BCUT2D eigenvalue weighted by molar-refractivity contribution is 7.80. The summed E-state index contributed by atoms with van der Waals surface area (Å²) >= 11 is 6.65. The average Bonchev–Trinajstić information content (AvgIpc) is 3.30. The van der Waals surface area contributed by atoms with Crippen molar-refractivity contribution >= 4 is 45.5 Å². The van der Waals surface area contributed by atoms with E-state index in [0.29, 0.717) is 39.2 Å². The lowest BCUT2D eigenvalue weighted by atomic mass is 10.1. The average molecular weight is 428 g/mol. The molecule has 1 aliphatic rings. The fourth-order valence-electron chi connectivity index (χ4n) is 3.24. The van der Waals surface area contributed by atoms with E-state index < -0.39 is 5.97 Å². The van der Waals surface area contributed by atoms with Gasteiger partial charge in [-0.25, -0.2) is 4.79 Å². The van der Waals surface area contributed by atoms with Crippen LogP contribution in [0.25, 0.3) is 0 Å². The Bertz CT molecular complexity index is 725. The molecule has 1 saturated heterocycles. The van der Waals surface area contributed by atoms with Crippen molar-refractivity contribution in [3.8, 4) is 0 Å². The highest BCUT2D eigenvalue weighted by Crippen LogP contribution is 2.34. The van der Waals surface area contributed by atoms with Crippen molar-refractivity contribution in [1.82, 2.24) is 10.2 Å². The number of carbonyl (C=O) groups is 2. The molecule has 1 aromatic heterocycles. The molecule has 2 rings (SSSR count). The maximum atomic E-state index is 12.8. The van der Waals surface area contributed by atoms with E-state index in [1.807, 2.05) is 20.8 Å². The number of thiophene rings is 1. The Labute approximate surface area is 175 Å². The first-order valence-corrected chi connectivity index (χ1v) is 10.8. The molecule has 2 atom stereocenters. The van der Waals surface area contributed by atoms with Gasteiger partial charge in [0.2, 0.25) is 0 Å². The molecule has 0 unspecified atom stereocenters. The van der Waals surface area contributed by atoms with Crippen LogP contribution in [0.15, 0.2) is 0 Å². The van der Waals surface area contributed by atoms with Crippen molar-refractivity contribution in [3.05, 3.63) is 16.0 Å². The number of hydrogen-bond acceptors (Lipinski definition) is 6. The van der Waals surface area contributed by atoms with Crippen LogP contribution in [0, 0.1) is 6.92 Å². The van der Waals surface area contributed by atoms with Crippen LogP contribution >= 0.6 is 23.6 Å². The normalized spacial score (nSPS) is 17.1. The molecule has 1 aliphatic heterocycles. The first kappa shape index (κ1) is 22.6. The number of nitrogens with one attached hydrogen (secondary N) is 2. The number of methoxy groups -OCH3 is 1. The summed E-state index contributed by atoms with van der Waals surface area (Å²) in [7, 11) is 1.32. The fourth-order valence-corrected chi connectivity index (χ4v) is 4.76. The number of ether oxygens (including phenoxy) is 2. The Kier molecular flexibility index (Phi) is 8.21. The summed E-state index contributed by atoms with van der Waals surface area (Å²) in [6.07, 6.45) is 2.15. The van der Waals surface area contributed by atoms with Gasteiger partial charge in [0.15, 0.2) is 5.11 Å². The van der Waals surface area contributed by atoms with Gasteiger partial charge >= 0.3 is 5.97 Å². The van der Waals surface area contributed by atoms with E-state index in [2.05, 4.69) is 10.6 Å². The predicted octanol–water partition coefficient (Wildman–Crippen LogP) is 3.18. The van der Waals surface area contributed by atoms with Gasteiger partial charge in [-0.2, -0.15) is 0 Å². The van der Waals surface area contributed by atoms with Crippen molar-refractivity contribution in [1.29, 1.82) is 0 Å². The molecule has 0 saturated carbocycles. The minimum Gasteiger partial charge on any atom is -0.465 e. The number of rotatable bonds is 7. The monoisotopic (exact) mass is 427 g/mol. The zero-order valence-corrected chi connectivity index (χ0v) is 18.7. The van der Waals surface area contributed by atoms with Gasteiger partial charge in [-0.05, 0) is 58.3 Å². The quantitative estimate of drug-likeness (QED) is 0.511. The Hall–Kier alpha value is -1.71. The van der Waals surface area contributed by atoms with E-state index in [9.17, 15) is 9.59 Å². The van der Waals surface area contributed by atoms with Crippen molar-refractivity contribution in [3.63, 3.8) is 0 Å². The predicted molar refractivity (Wildman–Crippen MR) is 115 cm³/mol. The molecule has 0 spiro atoms. The maximum Gasteiger partial charge on any atom is 0.341 e. The maximum absolute atomic E-state index is 12.8. The molecule has 156 valence electrons. The number of amides is 1. The molecular weight excluding hydrogens is 398 g/mol. The molecule has 9 heteroatoms. The van der Waals surface area contributed by atoms with Crippen LogP contribution in [0.1, 0.15) is 59.2 Å². The van der Waals surface area contributed by atoms with E-state index in [1.54, 1.807) is 11.8 Å². The van der Waals surface area contributed by atoms with Gasteiger partial charge in [-0.3, -0.25) is 4.79 Å². The number of carbonyl (C=O) groups excluding carboxylic acids is 2. The number of esters is 1. The fraction of sp³-hybridized carbons (Fsp3) is 0.632. The lowest BCUT2D eigenvalue weighted by molar-refractivity contribution is 0.0601. The highest BCUT2D eigenvalue weighted by Gasteiger charge is 2.28.